The lowest BCUT2D eigenvalue weighted by molar-refractivity contribution is -0.139. The van der Waals surface area contributed by atoms with E-state index in [0.717, 1.165) is 37.1 Å². The Hall–Kier alpha value is -2.29. The first-order chi connectivity index (χ1) is 17.2. The van der Waals surface area contributed by atoms with Crippen molar-refractivity contribution in [3.63, 3.8) is 0 Å². The van der Waals surface area contributed by atoms with Crippen molar-refractivity contribution in [2.45, 2.75) is 52.0 Å². The van der Waals surface area contributed by atoms with Gasteiger partial charge in [-0.3, -0.25) is 9.69 Å². The summed E-state index contributed by atoms with van der Waals surface area (Å²) in [4.78, 5) is 19.9. The van der Waals surface area contributed by atoms with Crippen LogP contribution >= 0.6 is 0 Å². The molecule has 0 radical (unpaired) electrons. The third-order valence-corrected chi connectivity index (χ3v) is 7.92. The molecule has 0 spiro atoms. The highest BCUT2D eigenvalue weighted by Gasteiger charge is 2.37. The number of nitrogens with zero attached hydrogens (tertiary/aromatic N) is 3. The second-order valence-electron chi connectivity index (χ2n) is 10.7. The van der Waals surface area contributed by atoms with Gasteiger partial charge in [0.15, 0.2) is 0 Å². The molecule has 2 aliphatic rings. The fraction of sp³-hybridized carbons (Fsp3) is 0.536. The number of rotatable bonds is 7. The first-order valence-electron chi connectivity index (χ1n) is 13.2. The quantitative estimate of drug-likeness (QED) is 0.575. The third kappa shape index (κ3) is 6.34. The van der Waals surface area contributed by atoms with E-state index in [4.69, 9.17) is 0 Å². The average molecular weight is 497 g/mol. The summed E-state index contributed by atoms with van der Waals surface area (Å²) in [7, 11) is -0.435. The summed E-state index contributed by atoms with van der Waals surface area (Å²) >= 11 is 0. The molecule has 2 heterocycles. The van der Waals surface area contributed by atoms with Crippen LogP contribution in [0.5, 0.6) is 0 Å². The van der Waals surface area contributed by atoms with Gasteiger partial charge in [-0.05, 0) is 80.0 Å². The number of hydrogen-bond acceptors (Lipinski definition) is 4. The Morgan fingerprint density at radius 3 is 1.94 bits per heavy atom. The van der Waals surface area contributed by atoms with Crippen LogP contribution in [0.4, 0.5) is 8.78 Å². The summed E-state index contributed by atoms with van der Waals surface area (Å²) in [6, 6.07) is 13.0. The number of amides is 1. The summed E-state index contributed by atoms with van der Waals surface area (Å²) in [6.45, 7) is 9.78. The second-order valence-corrected chi connectivity index (χ2v) is 10.7. The van der Waals surface area contributed by atoms with Gasteiger partial charge in [-0.15, -0.1) is 0 Å². The number of benzene rings is 2. The Bertz CT molecular complexity index is 949. The minimum absolute atomic E-state index is 0.0622. The number of piperidine rings is 1. The average Bonchev–Trinajstić information content (AvgIpc) is 2.86. The summed E-state index contributed by atoms with van der Waals surface area (Å²) in [5, 5.41) is 9.82. The fourth-order valence-electron chi connectivity index (χ4n) is 5.75. The molecule has 2 aromatic carbocycles. The van der Waals surface area contributed by atoms with E-state index in [1.54, 1.807) is 31.1 Å². The Morgan fingerprint density at radius 2 is 1.47 bits per heavy atom. The maximum Gasteiger partial charge on any atom is 0.376 e. The van der Waals surface area contributed by atoms with E-state index in [-0.39, 0.29) is 35.5 Å². The molecule has 8 heteroatoms. The maximum absolute atomic E-state index is 13.7. The molecule has 36 heavy (non-hydrogen) atoms. The molecule has 1 atom stereocenters. The Labute approximate surface area is 214 Å². The van der Waals surface area contributed by atoms with Gasteiger partial charge in [0.05, 0.1) is 6.04 Å². The molecular weight excluding hydrogens is 459 g/mol. The number of piperazine rings is 1. The van der Waals surface area contributed by atoms with E-state index in [1.165, 1.54) is 24.3 Å². The van der Waals surface area contributed by atoms with Gasteiger partial charge < -0.3 is 14.7 Å². The summed E-state index contributed by atoms with van der Waals surface area (Å²) in [5.74, 6) is 0.266. The first-order valence-corrected chi connectivity index (χ1v) is 13.2. The molecule has 2 saturated heterocycles. The van der Waals surface area contributed by atoms with Crippen molar-refractivity contribution in [2.75, 3.05) is 32.7 Å². The minimum atomic E-state index is -0.435. The van der Waals surface area contributed by atoms with Crippen molar-refractivity contribution in [1.29, 1.82) is 0 Å². The zero-order chi connectivity index (χ0) is 25.8. The highest BCUT2D eigenvalue weighted by molar-refractivity contribution is 6.45. The van der Waals surface area contributed by atoms with Crippen molar-refractivity contribution < 1.29 is 18.6 Å². The van der Waals surface area contributed by atoms with Crippen LogP contribution in [0.3, 0.4) is 0 Å². The molecule has 194 valence electrons. The van der Waals surface area contributed by atoms with Gasteiger partial charge in [-0.1, -0.05) is 38.1 Å². The molecule has 2 aliphatic heterocycles. The fourth-order valence-corrected chi connectivity index (χ4v) is 5.75. The molecule has 0 unspecified atom stereocenters. The van der Waals surface area contributed by atoms with Crippen LogP contribution in [0.15, 0.2) is 48.5 Å². The van der Waals surface area contributed by atoms with Crippen molar-refractivity contribution in [3.05, 3.63) is 71.3 Å². The highest BCUT2D eigenvalue weighted by atomic mass is 19.1. The molecule has 0 saturated carbocycles. The van der Waals surface area contributed by atoms with Crippen LogP contribution in [0.2, 0.25) is 6.82 Å². The predicted molar refractivity (Wildman–Crippen MR) is 139 cm³/mol. The van der Waals surface area contributed by atoms with Crippen LogP contribution in [-0.2, 0) is 4.79 Å². The number of carbonyl (C=O) groups is 1. The van der Waals surface area contributed by atoms with Gasteiger partial charge in [0.25, 0.3) is 0 Å². The Morgan fingerprint density at radius 1 is 0.944 bits per heavy atom. The molecule has 1 N–H and O–H groups in total. The molecule has 0 aliphatic carbocycles. The molecule has 0 bridgehead atoms. The van der Waals surface area contributed by atoms with Crippen molar-refractivity contribution >= 4 is 13.0 Å². The minimum Gasteiger partial charge on any atom is -0.437 e. The Balaban J connectivity index is 1.49. The van der Waals surface area contributed by atoms with Crippen LogP contribution < -0.4 is 0 Å². The van der Waals surface area contributed by atoms with Gasteiger partial charge in [-0.25, -0.2) is 8.78 Å². The van der Waals surface area contributed by atoms with Gasteiger partial charge in [0.2, 0.25) is 5.91 Å². The van der Waals surface area contributed by atoms with E-state index in [9.17, 15) is 18.6 Å². The van der Waals surface area contributed by atoms with Gasteiger partial charge >= 0.3 is 7.05 Å². The molecule has 5 nitrogen and oxygen atoms in total. The van der Waals surface area contributed by atoms with Crippen molar-refractivity contribution in [1.82, 2.24) is 14.6 Å². The van der Waals surface area contributed by atoms with Gasteiger partial charge in [0, 0.05) is 32.1 Å². The predicted octanol–water partition coefficient (Wildman–Crippen LogP) is 4.44. The smallest absolute Gasteiger partial charge is 0.376 e. The third-order valence-electron chi connectivity index (χ3n) is 7.92. The zero-order valence-corrected chi connectivity index (χ0v) is 21.6. The lowest BCUT2D eigenvalue weighted by atomic mass is 9.80. The largest absolute Gasteiger partial charge is 0.437 e. The molecule has 2 fully saturated rings. The van der Waals surface area contributed by atoms with Gasteiger partial charge in [-0.2, -0.15) is 0 Å². The molecule has 0 aromatic heterocycles. The molecular formula is C28H38BF2N3O2. The first kappa shape index (κ1) is 26.8. The molecule has 1 amide bonds. The van der Waals surface area contributed by atoms with E-state index < -0.39 is 7.05 Å². The van der Waals surface area contributed by atoms with Crippen LogP contribution in [-0.4, -0.2) is 71.4 Å². The number of hydrogen-bond donors (Lipinski definition) is 1. The Kier molecular flexibility index (Phi) is 8.81. The normalized spacial score (nSPS) is 20.3. The summed E-state index contributed by atoms with van der Waals surface area (Å²) < 4.78 is 27.4. The monoisotopic (exact) mass is 497 g/mol. The van der Waals surface area contributed by atoms with Crippen LogP contribution in [0, 0.1) is 23.5 Å². The lowest BCUT2D eigenvalue weighted by Crippen LogP contribution is -2.58. The summed E-state index contributed by atoms with van der Waals surface area (Å²) in [5.41, 5.74) is 1.91. The van der Waals surface area contributed by atoms with Gasteiger partial charge in [0.1, 0.15) is 11.6 Å². The topological polar surface area (TPSA) is 47.0 Å². The van der Waals surface area contributed by atoms with Crippen LogP contribution in [0.1, 0.15) is 50.3 Å². The van der Waals surface area contributed by atoms with E-state index in [0.29, 0.717) is 32.0 Å². The van der Waals surface area contributed by atoms with Crippen LogP contribution in [0.25, 0.3) is 0 Å². The number of carbonyl (C=O) groups excluding carboxylic acids is 1. The second kappa shape index (κ2) is 11.8. The van der Waals surface area contributed by atoms with Crippen molar-refractivity contribution in [2.24, 2.45) is 11.8 Å². The number of halogens is 2. The van der Waals surface area contributed by atoms with E-state index in [2.05, 4.69) is 28.5 Å². The SMILES string of the molecule is CB(O)N1CCC(CC(=O)N2CCN(C(c3ccc(F)cc3)c3ccc(F)cc3)C[C@@H]2C(C)C)CC1. The lowest BCUT2D eigenvalue weighted by Gasteiger charge is -2.47. The summed E-state index contributed by atoms with van der Waals surface area (Å²) in [6.07, 6.45) is 2.41. The highest BCUT2D eigenvalue weighted by Crippen LogP contribution is 2.33. The zero-order valence-electron chi connectivity index (χ0n) is 21.6. The molecule has 2 aromatic rings. The van der Waals surface area contributed by atoms with Crippen molar-refractivity contribution in [3.8, 4) is 0 Å². The van der Waals surface area contributed by atoms with E-state index in [1.807, 2.05) is 0 Å². The molecule has 4 rings (SSSR count). The van der Waals surface area contributed by atoms with E-state index >= 15 is 0 Å². The maximum atomic E-state index is 13.7. The standard InChI is InChI=1S/C28H38BF2N3O2/c1-20(2)26-19-32(16-17-34(26)27(35)18-21-12-14-33(15-13-21)29(3)36)28(22-4-8-24(30)9-5-22)23-6-10-25(31)11-7-23/h4-11,20-21,26,28,36H,12-19H2,1-3H3/t26-/m1/s1.